The molecule has 0 saturated heterocycles. The lowest BCUT2D eigenvalue weighted by atomic mass is 10.2. The van der Waals surface area contributed by atoms with Gasteiger partial charge in [0.25, 0.3) is 0 Å². The molecule has 0 aliphatic rings. The predicted molar refractivity (Wildman–Crippen MR) is 58.3 cm³/mol. The lowest BCUT2D eigenvalue weighted by Crippen LogP contribution is -2.20. The average Bonchev–Trinajstić information content (AvgIpc) is 2.50. The normalized spacial score (nSPS) is 10.4. The summed E-state index contributed by atoms with van der Waals surface area (Å²) < 4.78 is 1.84. The fourth-order valence-electron chi connectivity index (χ4n) is 1.58. The van der Waals surface area contributed by atoms with E-state index in [1.165, 1.54) is 0 Å². The van der Waals surface area contributed by atoms with Crippen LogP contribution in [0.15, 0.2) is 0 Å². The topological polar surface area (TPSA) is 72.9 Å². The van der Waals surface area contributed by atoms with E-state index >= 15 is 0 Å². The summed E-state index contributed by atoms with van der Waals surface area (Å²) >= 11 is 0. The molecule has 15 heavy (non-hydrogen) atoms. The molecule has 0 radical (unpaired) electrons. The number of nitrogens with one attached hydrogen (secondary N) is 1. The zero-order valence-corrected chi connectivity index (χ0v) is 9.50. The quantitative estimate of drug-likeness (QED) is 0.740. The summed E-state index contributed by atoms with van der Waals surface area (Å²) in [7, 11) is 1.63. The van der Waals surface area contributed by atoms with Crippen LogP contribution < -0.4 is 11.1 Å². The van der Waals surface area contributed by atoms with Gasteiger partial charge in [-0.3, -0.25) is 9.48 Å². The van der Waals surface area contributed by atoms with Crippen LogP contribution in [0, 0.1) is 13.8 Å². The molecule has 0 aromatic carbocycles. The molecule has 1 amide bonds. The minimum atomic E-state index is 0.0249. The van der Waals surface area contributed by atoms with Crippen LogP contribution in [-0.2, 0) is 17.9 Å². The van der Waals surface area contributed by atoms with Gasteiger partial charge in [0.1, 0.15) is 0 Å². The summed E-state index contributed by atoms with van der Waals surface area (Å²) in [4.78, 5) is 11.1. The minimum Gasteiger partial charge on any atom is -0.359 e. The van der Waals surface area contributed by atoms with Crippen molar-refractivity contribution in [2.45, 2.75) is 33.4 Å². The zero-order valence-electron chi connectivity index (χ0n) is 9.50. The van der Waals surface area contributed by atoms with Crippen molar-refractivity contribution in [1.29, 1.82) is 0 Å². The SMILES string of the molecule is CNC(=O)CCn1nc(C)c(CN)c1C. The number of amides is 1. The maximum Gasteiger partial charge on any atom is 0.221 e. The van der Waals surface area contributed by atoms with Crippen molar-refractivity contribution < 1.29 is 4.79 Å². The van der Waals surface area contributed by atoms with E-state index in [9.17, 15) is 4.79 Å². The Hall–Kier alpha value is -1.36. The monoisotopic (exact) mass is 210 g/mol. The standard InChI is InChI=1S/C10H18N4O/c1-7-9(6-11)8(2)14(13-7)5-4-10(15)12-3/h4-6,11H2,1-3H3,(H,12,15). The van der Waals surface area contributed by atoms with Gasteiger partial charge in [0.05, 0.1) is 5.69 Å². The Morgan fingerprint density at radius 3 is 2.67 bits per heavy atom. The summed E-state index contributed by atoms with van der Waals surface area (Å²) in [5, 5.41) is 6.93. The third-order valence-corrected chi connectivity index (χ3v) is 2.56. The molecule has 5 heteroatoms. The number of hydrogen-bond donors (Lipinski definition) is 2. The highest BCUT2D eigenvalue weighted by molar-refractivity contribution is 5.75. The molecule has 0 aliphatic carbocycles. The van der Waals surface area contributed by atoms with Crippen molar-refractivity contribution in [1.82, 2.24) is 15.1 Å². The number of nitrogens with two attached hydrogens (primary N) is 1. The smallest absolute Gasteiger partial charge is 0.221 e. The van der Waals surface area contributed by atoms with Gasteiger partial charge in [-0.15, -0.1) is 0 Å². The Labute approximate surface area is 89.6 Å². The van der Waals surface area contributed by atoms with E-state index in [2.05, 4.69) is 10.4 Å². The second-order valence-electron chi connectivity index (χ2n) is 3.50. The van der Waals surface area contributed by atoms with Gasteiger partial charge >= 0.3 is 0 Å². The summed E-state index contributed by atoms with van der Waals surface area (Å²) in [6.45, 7) is 5.02. The lowest BCUT2D eigenvalue weighted by Gasteiger charge is -2.04. The Bertz CT molecular complexity index is 357. The summed E-state index contributed by atoms with van der Waals surface area (Å²) in [5.41, 5.74) is 8.70. The molecule has 84 valence electrons. The highest BCUT2D eigenvalue weighted by Crippen LogP contribution is 2.12. The molecule has 3 N–H and O–H groups in total. The maximum atomic E-state index is 11.1. The first-order chi connectivity index (χ1) is 7.10. The molecule has 1 rings (SSSR count). The van der Waals surface area contributed by atoms with Crippen molar-refractivity contribution in [2.75, 3.05) is 7.05 Å². The molecule has 0 spiro atoms. The number of aromatic nitrogens is 2. The third-order valence-electron chi connectivity index (χ3n) is 2.56. The first-order valence-corrected chi connectivity index (χ1v) is 5.03. The van der Waals surface area contributed by atoms with E-state index < -0.39 is 0 Å². The Morgan fingerprint density at radius 2 is 2.20 bits per heavy atom. The summed E-state index contributed by atoms with van der Waals surface area (Å²) in [6, 6.07) is 0. The van der Waals surface area contributed by atoms with E-state index in [0.29, 0.717) is 19.5 Å². The number of carbonyl (C=O) groups excluding carboxylic acids is 1. The van der Waals surface area contributed by atoms with Gasteiger partial charge in [0, 0.05) is 37.8 Å². The average molecular weight is 210 g/mol. The minimum absolute atomic E-state index is 0.0249. The fourth-order valence-corrected chi connectivity index (χ4v) is 1.58. The first kappa shape index (κ1) is 11.7. The predicted octanol–water partition coefficient (Wildman–Crippen LogP) is 0.0947. The summed E-state index contributed by atoms with van der Waals surface area (Å²) in [6.07, 6.45) is 0.447. The van der Waals surface area contributed by atoms with Gasteiger partial charge in [-0.2, -0.15) is 5.10 Å². The van der Waals surface area contributed by atoms with Crippen LogP contribution in [0.1, 0.15) is 23.4 Å². The molecule has 0 fully saturated rings. The van der Waals surface area contributed by atoms with Gasteiger partial charge in [-0.1, -0.05) is 0 Å². The number of nitrogens with zero attached hydrogens (tertiary/aromatic N) is 2. The fraction of sp³-hybridized carbons (Fsp3) is 0.600. The van der Waals surface area contributed by atoms with Gasteiger partial charge in [0.15, 0.2) is 0 Å². The Kier molecular flexibility index (Phi) is 3.85. The highest BCUT2D eigenvalue weighted by Gasteiger charge is 2.10. The van der Waals surface area contributed by atoms with Crippen molar-refractivity contribution in [3.05, 3.63) is 17.0 Å². The van der Waals surface area contributed by atoms with E-state index in [1.807, 2.05) is 18.5 Å². The van der Waals surface area contributed by atoms with Gasteiger partial charge < -0.3 is 11.1 Å². The molecule has 5 nitrogen and oxygen atoms in total. The number of aryl methyl sites for hydroxylation is 2. The van der Waals surface area contributed by atoms with E-state index in [0.717, 1.165) is 17.0 Å². The lowest BCUT2D eigenvalue weighted by molar-refractivity contribution is -0.120. The van der Waals surface area contributed by atoms with Crippen LogP contribution in [-0.4, -0.2) is 22.7 Å². The van der Waals surface area contributed by atoms with E-state index in [-0.39, 0.29) is 5.91 Å². The number of hydrogen-bond acceptors (Lipinski definition) is 3. The largest absolute Gasteiger partial charge is 0.359 e. The molecule has 1 aromatic heterocycles. The highest BCUT2D eigenvalue weighted by atomic mass is 16.1. The van der Waals surface area contributed by atoms with Crippen molar-refractivity contribution in [3.63, 3.8) is 0 Å². The van der Waals surface area contributed by atoms with Crippen molar-refractivity contribution in [2.24, 2.45) is 5.73 Å². The second kappa shape index (κ2) is 4.93. The molecule has 0 unspecified atom stereocenters. The molecule has 0 aliphatic heterocycles. The van der Waals surface area contributed by atoms with E-state index in [1.54, 1.807) is 7.05 Å². The van der Waals surface area contributed by atoms with Crippen molar-refractivity contribution >= 4 is 5.91 Å². The molecular weight excluding hydrogens is 192 g/mol. The maximum absolute atomic E-state index is 11.1. The molecule has 1 aromatic rings. The number of rotatable bonds is 4. The van der Waals surface area contributed by atoms with Crippen LogP contribution in [0.4, 0.5) is 0 Å². The molecular formula is C10H18N4O. The molecule has 1 heterocycles. The van der Waals surface area contributed by atoms with Gasteiger partial charge in [-0.25, -0.2) is 0 Å². The van der Waals surface area contributed by atoms with Crippen LogP contribution >= 0.6 is 0 Å². The van der Waals surface area contributed by atoms with Crippen LogP contribution in [0.3, 0.4) is 0 Å². The van der Waals surface area contributed by atoms with Crippen LogP contribution in [0.25, 0.3) is 0 Å². The third kappa shape index (κ3) is 2.56. The van der Waals surface area contributed by atoms with Crippen LogP contribution in [0.2, 0.25) is 0 Å². The Balaban J connectivity index is 2.74. The van der Waals surface area contributed by atoms with E-state index in [4.69, 9.17) is 5.73 Å². The summed E-state index contributed by atoms with van der Waals surface area (Å²) in [5.74, 6) is 0.0249. The van der Waals surface area contributed by atoms with Gasteiger partial charge in [-0.05, 0) is 13.8 Å². The second-order valence-corrected chi connectivity index (χ2v) is 3.50. The molecule has 0 saturated carbocycles. The first-order valence-electron chi connectivity index (χ1n) is 5.03. The number of carbonyl (C=O) groups is 1. The molecule has 0 atom stereocenters. The van der Waals surface area contributed by atoms with Crippen LogP contribution in [0.5, 0.6) is 0 Å². The Morgan fingerprint density at radius 1 is 1.53 bits per heavy atom. The zero-order chi connectivity index (χ0) is 11.4. The van der Waals surface area contributed by atoms with Crippen molar-refractivity contribution in [3.8, 4) is 0 Å². The molecule has 0 bridgehead atoms. The van der Waals surface area contributed by atoms with Gasteiger partial charge in [0.2, 0.25) is 5.91 Å².